The molecule has 3 rings (SSSR count). The lowest BCUT2D eigenvalue weighted by Gasteiger charge is -2.42. The van der Waals surface area contributed by atoms with E-state index < -0.39 is 23.9 Å². The third kappa shape index (κ3) is 6.19. The van der Waals surface area contributed by atoms with Crippen molar-refractivity contribution < 1.29 is 25.2 Å². The van der Waals surface area contributed by atoms with Gasteiger partial charge in [0.1, 0.15) is 6.10 Å². The molecule has 0 spiro atoms. The molecule has 2 unspecified atom stereocenters. The van der Waals surface area contributed by atoms with Crippen LogP contribution in [0, 0.1) is 11.3 Å². The van der Waals surface area contributed by atoms with Gasteiger partial charge in [-0.25, -0.2) is 0 Å². The minimum absolute atomic E-state index is 0.115. The SMILES string of the molecule is CCC(O)(CC)CSC(C)C1=CCC2/C(=C/C=C3C[C@@H](O)C(OCCO)[C@H](O)C3)CCC[C@]12C. The molecule has 2 saturated carbocycles. The first-order chi connectivity index (χ1) is 16.2. The summed E-state index contributed by atoms with van der Waals surface area (Å²) in [5.74, 6) is 1.29. The van der Waals surface area contributed by atoms with Crippen molar-refractivity contribution in [2.45, 2.75) is 108 Å². The predicted octanol–water partition coefficient (Wildman–Crippen LogP) is 4.54. The molecule has 0 bridgehead atoms. The first-order valence-electron chi connectivity index (χ1n) is 13.2. The van der Waals surface area contributed by atoms with E-state index >= 15 is 0 Å². The second-order valence-corrected chi connectivity index (χ2v) is 12.1. The molecule has 5 nitrogen and oxygen atoms in total. The summed E-state index contributed by atoms with van der Waals surface area (Å²) in [5.41, 5.74) is 3.67. The minimum Gasteiger partial charge on any atom is -0.394 e. The van der Waals surface area contributed by atoms with E-state index in [1.807, 2.05) is 11.8 Å². The molecule has 3 aliphatic carbocycles. The highest BCUT2D eigenvalue weighted by Crippen LogP contribution is 2.57. The van der Waals surface area contributed by atoms with Gasteiger partial charge in [0.15, 0.2) is 0 Å². The van der Waals surface area contributed by atoms with Gasteiger partial charge in [0.25, 0.3) is 0 Å². The second kappa shape index (κ2) is 12.1. The summed E-state index contributed by atoms with van der Waals surface area (Å²) in [7, 11) is 0. The number of hydrogen-bond acceptors (Lipinski definition) is 6. The van der Waals surface area contributed by atoms with Gasteiger partial charge in [-0.15, -0.1) is 0 Å². The maximum Gasteiger partial charge on any atom is 0.110 e. The molecule has 5 atom stereocenters. The fraction of sp³-hybridized carbons (Fsp3) is 0.786. The lowest BCUT2D eigenvalue weighted by molar-refractivity contribution is -0.115. The molecule has 0 aromatic rings. The summed E-state index contributed by atoms with van der Waals surface area (Å²) < 4.78 is 5.44. The van der Waals surface area contributed by atoms with Crippen molar-refractivity contribution in [1.29, 1.82) is 0 Å². The normalized spacial score (nSPS) is 34.2. The monoisotopic (exact) mass is 494 g/mol. The molecule has 6 heteroatoms. The van der Waals surface area contributed by atoms with Crippen LogP contribution in [0.2, 0.25) is 0 Å². The Morgan fingerprint density at radius 2 is 1.88 bits per heavy atom. The van der Waals surface area contributed by atoms with Gasteiger partial charge in [0.2, 0.25) is 0 Å². The number of ether oxygens (including phenoxy) is 1. The maximum atomic E-state index is 10.7. The Hall–Kier alpha value is -0.630. The molecule has 194 valence electrons. The zero-order valence-electron chi connectivity index (χ0n) is 21.5. The van der Waals surface area contributed by atoms with E-state index in [-0.39, 0.29) is 18.6 Å². The summed E-state index contributed by atoms with van der Waals surface area (Å²) in [4.78, 5) is 0. The van der Waals surface area contributed by atoms with E-state index in [1.165, 1.54) is 18.4 Å². The first-order valence-corrected chi connectivity index (χ1v) is 14.2. The predicted molar refractivity (Wildman–Crippen MR) is 140 cm³/mol. The van der Waals surface area contributed by atoms with E-state index in [4.69, 9.17) is 9.84 Å². The zero-order chi connectivity index (χ0) is 24.9. The van der Waals surface area contributed by atoms with Crippen LogP contribution in [0.1, 0.15) is 79.1 Å². The third-order valence-electron chi connectivity index (χ3n) is 8.60. The molecule has 0 heterocycles. The largest absolute Gasteiger partial charge is 0.394 e. The average Bonchev–Trinajstić information content (AvgIpc) is 3.18. The number of rotatable bonds is 10. The van der Waals surface area contributed by atoms with Crippen LogP contribution in [0.25, 0.3) is 0 Å². The molecular weight excluding hydrogens is 448 g/mol. The van der Waals surface area contributed by atoms with Crippen LogP contribution in [-0.4, -0.2) is 68.6 Å². The first kappa shape index (κ1) is 27.9. The Kier molecular flexibility index (Phi) is 9.92. The standard InChI is InChI=1S/C28H46O5S/c1-5-28(32,6-2)18-34-19(3)22-11-12-23-21(8-7-13-27(22,23)4)10-9-20-16-24(30)26(25(31)17-20)33-15-14-29/h9-11,19,23-26,29-32H,5-8,12-18H2,1-4H3/b20-9?,21-10+/t19?,23?,24-,25-,26?,27-/m1/s1. The van der Waals surface area contributed by atoms with Crippen LogP contribution in [0.3, 0.4) is 0 Å². The molecule has 0 aromatic carbocycles. The van der Waals surface area contributed by atoms with Gasteiger partial charge in [-0.05, 0) is 69.6 Å². The molecule has 2 fully saturated rings. The third-order valence-corrected chi connectivity index (χ3v) is 10.1. The van der Waals surface area contributed by atoms with Gasteiger partial charge in [-0.2, -0.15) is 11.8 Å². The molecule has 3 aliphatic rings. The average molecular weight is 495 g/mol. The van der Waals surface area contributed by atoms with Crippen LogP contribution in [-0.2, 0) is 4.74 Å². The quantitative estimate of drug-likeness (QED) is 0.333. The highest BCUT2D eigenvalue weighted by Gasteiger charge is 2.46. The highest BCUT2D eigenvalue weighted by molar-refractivity contribution is 8.00. The van der Waals surface area contributed by atoms with Gasteiger partial charge in [-0.1, -0.05) is 55.7 Å². The van der Waals surface area contributed by atoms with Gasteiger partial charge < -0.3 is 25.2 Å². The fourth-order valence-electron chi connectivity index (χ4n) is 6.19. The molecule has 0 aromatic heterocycles. The van der Waals surface area contributed by atoms with Gasteiger partial charge in [-0.3, -0.25) is 0 Å². The van der Waals surface area contributed by atoms with Crippen molar-refractivity contribution in [3.63, 3.8) is 0 Å². The van der Waals surface area contributed by atoms with E-state index in [0.717, 1.165) is 37.0 Å². The lowest BCUT2D eigenvalue weighted by atomic mass is 9.64. The topological polar surface area (TPSA) is 90.2 Å². The lowest BCUT2D eigenvalue weighted by Crippen LogP contribution is -2.44. The zero-order valence-corrected chi connectivity index (χ0v) is 22.3. The Balaban J connectivity index is 1.67. The molecule has 0 amide bonds. The molecule has 0 radical (unpaired) electrons. The maximum absolute atomic E-state index is 10.7. The molecule has 0 saturated heterocycles. The molecule has 34 heavy (non-hydrogen) atoms. The Morgan fingerprint density at radius 1 is 1.21 bits per heavy atom. The number of aliphatic hydroxyl groups excluding tert-OH is 3. The van der Waals surface area contributed by atoms with Crippen molar-refractivity contribution in [1.82, 2.24) is 0 Å². The Labute approximate surface area is 210 Å². The number of hydrogen-bond donors (Lipinski definition) is 4. The minimum atomic E-state index is -0.751. The summed E-state index contributed by atoms with van der Waals surface area (Å²) in [6.45, 7) is 8.88. The van der Waals surface area contributed by atoms with Gasteiger partial charge in [0.05, 0.1) is 31.0 Å². The number of allylic oxidation sites excluding steroid dienone is 4. The van der Waals surface area contributed by atoms with Crippen LogP contribution < -0.4 is 0 Å². The fourth-order valence-corrected chi connectivity index (χ4v) is 7.70. The van der Waals surface area contributed by atoms with E-state index in [1.54, 1.807) is 5.57 Å². The number of fused-ring (bicyclic) bond motifs is 1. The van der Waals surface area contributed by atoms with Crippen molar-refractivity contribution in [3.05, 3.63) is 34.9 Å². The second-order valence-electron chi connectivity index (χ2n) is 10.8. The van der Waals surface area contributed by atoms with Crippen molar-refractivity contribution in [3.8, 4) is 0 Å². The summed E-state index contributed by atoms with van der Waals surface area (Å²) in [6.07, 6.45) is 11.8. The van der Waals surface area contributed by atoms with E-state index in [0.29, 0.717) is 24.0 Å². The van der Waals surface area contributed by atoms with Crippen molar-refractivity contribution >= 4 is 11.8 Å². The number of aliphatic hydroxyl groups is 4. The molecule has 0 aliphatic heterocycles. The van der Waals surface area contributed by atoms with Crippen LogP contribution in [0.4, 0.5) is 0 Å². The van der Waals surface area contributed by atoms with Crippen LogP contribution >= 0.6 is 11.8 Å². The van der Waals surface area contributed by atoms with Gasteiger partial charge in [0, 0.05) is 11.0 Å². The van der Waals surface area contributed by atoms with E-state index in [9.17, 15) is 15.3 Å². The highest BCUT2D eigenvalue weighted by atomic mass is 32.2. The molecular formula is C28H46O5S. The Bertz CT molecular complexity index is 757. The van der Waals surface area contributed by atoms with E-state index in [2.05, 4.69) is 45.9 Å². The van der Waals surface area contributed by atoms with Crippen LogP contribution in [0.5, 0.6) is 0 Å². The molecule has 4 N–H and O–H groups in total. The van der Waals surface area contributed by atoms with Crippen molar-refractivity contribution in [2.75, 3.05) is 19.0 Å². The van der Waals surface area contributed by atoms with Crippen molar-refractivity contribution in [2.24, 2.45) is 11.3 Å². The smallest absolute Gasteiger partial charge is 0.110 e. The van der Waals surface area contributed by atoms with Crippen LogP contribution in [0.15, 0.2) is 34.9 Å². The summed E-state index contributed by atoms with van der Waals surface area (Å²) >= 11 is 1.89. The number of thioether (sulfide) groups is 1. The summed E-state index contributed by atoms with van der Waals surface area (Å²) in [6, 6.07) is 0. The summed E-state index contributed by atoms with van der Waals surface area (Å²) in [5, 5.41) is 41.0. The van der Waals surface area contributed by atoms with Gasteiger partial charge >= 0.3 is 0 Å². The Morgan fingerprint density at radius 3 is 2.50 bits per heavy atom.